The van der Waals surface area contributed by atoms with Crippen LogP contribution < -0.4 is 0 Å². The lowest BCUT2D eigenvalue weighted by molar-refractivity contribution is -0.145. The van der Waals surface area contributed by atoms with Crippen molar-refractivity contribution < 1.29 is 22.2 Å². The van der Waals surface area contributed by atoms with Gasteiger partial charge in [-0.1, -0.05) is 0 Å². The van der Waals surface area contributed by atoms with E-state index in [2.05, 4.69) is 9.97 Å². The average molecular weight is 318 g/mol. The Morgan fingerprint density at radius 1 is 1.14 bits per heavy atom. The molecule has 0 saturated carbocycles. The zero-order valence-electron chi connectivity index (χ0n) is 11.0. The number of carbonyl (C=O) groups excluding carboxylic acids is 1. The van der Waals surface area contributed by atoms with Crippen molar-refractivity contribution in [2.45, 2.75) is 42.4 Å². The second kappa shape index (κ2) is 5.15. The van der Waals surface area contributed by atoms with Crippen molar-refractivity contribution in [2.75, 3.05) is 0 Å². The molecule has 2 bridgehead atoms. The summed E-state index contributed by atoms with van der Waals surface area (Å²) in [6.45, 7) is 0. The Morgan fingerprint density at radius 3 is 2.14 bits per heavy atom. The molecule has 0 N–H and O–H groups in total. The summed E-state index contributed by atoms with van der Waals surface area (Å²) in [7, 11) is -0.860. The van der Waals surface area contributed by atoms with Crippen LogP contribution in [0.4, 0.5) is 13.2 Å². The SMILES string of the molecule is O=C(c1cnc(C(F)(F)F)nc1)C1CC2CCC(C1)S2=O. The fourth-order valence-corrected chi connectivity index (χ4v) is 5.21. The number of hydrogen-bond donors (Lipinski definition) is 0. The Balaban J connectivity index is 1.75. The summed E-state index contributed by atoms with van der Waals surface area (Å²) in [5, 5.41) is 0.0983. The minimum Gasteiger partial charge on any atom is -0.294 e. The van der Waals surface area contributed by atoms with Gasteiger partial charge in [-0.25, -0.2) is 9.97 Å². The number of ketones is 1. The van der Waals surface area contributed by atoms with E-state index in [-0.39, 0.29) is 27.8 Å². The number of halogens is 3. The van der Waals surface area contributed by atoms with E-state index >= 15 is 0 Å². The van der Waals surface area contributed by atoms with Crippen molar-refractivity contribution in [1.82, 2.24) is 9.97 Å². The first-order chi connectivity index (χ1) is 9.86. The number of Topliss-reactive ketones (excluding diaryl/α,β-unsaturated/α-hetero) is 1. The van der Waals surface area contributed by atoms with E-state index in [0.29, 0.717) is 12.8 Å². The highest BCUT2D eigenvalue weighted by molar-refractivity contribution is 7.86. The number of fused-ring (bicyclic) bond motifs is 2. The molecule has 2 unspecified atom stereocenters. The summed E-state index contributed by atoms with van der Waals surface area (Å²) >= 11 is 0. The van der Waals surface area contributed by atoms with Crippen LogP contribution in [0.25, 0.3) is 0 Å². The van der Waals surface area contributed by atoms with Gasteiger partial charge in [0.25, 0.3) is 0 Å². The quantitative estimate of drug-likeness (QED) is 0.786. The first kappa shape index (κ1) is 14.6. The minimum atomic E-state index is -4.61. The molecule has 0 amide bonds. The van der Waals surface area contributed by atoms with Gasteiger partial charge < -0.3 is 0 Å². The van der Waals surface area contributed by atoms with E-state index in [9.17, 15) is 22.2 Å². The third kappa shape index (κ3) is 2.73. The van der Waals surface area contributed by atoms with Crippen molar-refractivity contribution in [3.63, 3.8) is 0 Å². The van der Waals surface area contributed by atoms with Crippen LogP contribution in [0.1, 0.15) is 41.9 Å². The molecule has 0 spiro atoms. The van der Waals surface area contributed by atoms with Crippen LogP contribution in [-0.4, -0.2) is 30.5 Å². The maximum absolute atomic E-state index is 12.4. The second-order valence-corrected chi connectivity index (χ2v) is 7.47. The van der Waals surface area contributed by atoms with E-state index in [4.69, 9.17) is 0 Å². The molecule has 2 atom stereocenters. The van der Waals surface area contributed by atoms with Gasteiger partial charge in [0.05, 0.1) is 5.56 Å². The lowest BCUT2D eigenvalue weighted by atomic mass is 9.91. The molecule has 3 rings (SSSR count). The van der Waals surface area contributed by atoms with Crippen molar-refractivity contribution in [2.24, 2.45) is 5.92 Å². The Morgan fingerprint density at radius 2 is 1.67 bits per heavy atom. The molecule has 0 aliphatic carbocycles. The molecule has 8 heteroatoms. The molecule has 1 aromatic heterocycles. The largest absolute Gasteiger partial charge is 0.451 e. The van der Waals surface area contributed by atoms with Gasteiger partial charge in [0, 0.05) is 39.6 Å². The number of alkyl halides is 3. The van der Waals surface area contributed by atoms with E-state index in [1.165, 1.54) is 0 Å². The Labute approximate surface area is 121 Å². The maximum atomic E-state index is 12.4. The molecule has 1 aromatic rings. The Hall–Kier alpha value is -1.31. The summed E-state index contributed by atoms with van der Waals surface area (Å²) in [4.78, 5) is 18.8. The summed E-state index contributed by atoms with van der Waals surface area (Å²) in [6.07, 6.45) is 0.0841. The van der Waals surface area contributed by atoms with Gasteiger partial charge in [-0.3, -0.25) is 9.00 Å². The monoisotopic (exact) mass is 318 g/mol. The fourth-order valence-electron chi connectivity index (χ4n) is 3.08. The molecule has 3 heterocycles. The van der Waals surface area contributed by atoms with Crippen LogP contribution in [0.15, 0.2) is 12.4 Å². The van der Waals surface area contributed by atoms with Crippen LogP contribution in [0.2, 0.25) is 0 Å². The van der Waals surface area contributed by atoms with Crippen LogP contribution in [-0.2, 0) is 17.0 Å². The summed E-state index contributed by atoms with van der Waals surface area (Å²) in [5.74, 6) is -1.76. The third-order valence-corrected chi connectivity index (χ3v) is 6.29. The zero-order chi connectivity index (χ0) is 15.2. The van der Waals surface area contributed by atoms with Crippen molar-refractivity contribution in [3.8, 4) is 0 Å². The molecule has 2 aliphatic rings. The molecule has 21 heavy (non-hydrogen) atoms. The van der Waals surface area contributed by atoms with E-state index in [1.54, 1.807) is 0 Å². The molecule has 2 fully saturated rings. The van der Waals surface area contributed by atoms with Gasteiger partial charge in [0.2, 0.25) is 5.82 Å². The van der Waals surface area contributed by atoms with E-state index in [0.717, 1.165) is 25.2 Å². The van der Waals surface area contributed by atoms with Gasteiger partial charge in [0.1, 0.15) is 0 Å². The molecule has 114 valence electrons. The average Bonchev–Trinajstić information content (AvgIpc) is 2.66. The Bertz CT molecular complexity index is 572. The van der Waals surface area contributed by atoms with Crippen LogP contribution >= 0.6 is 0 Å². The molecule has 4 nitrogen and oxygen atoms in total. The summed E-state index contributed by atoms with van der Waals surface area (Å²) in [6, 6.07) is 0. The number of nitrogens with zero attached hydrogens (tertiary/aromatic N) is 2. The molecular weight excluding hydrogens is 305 g/mol. The highest BCUT2D eigenvalue weighted by Crippen LogP contribution is 2.39. The Kier molecular flexibility index (Phi) is 3.59. The van der Waals surface area contributed by atoms with Crippen molar-refractivity contribution in [3.05, 3.63) is 23.8 Å². The highest BCUT2D eigenvalue weighted by atomic mass is 32.2. The smallest absolute Gasteiger partial charge is 0.294 e. The number of aromatic nitrogens is 2. The molecule has 2 aliphatic heterocycles. The topological polar surface area (TPSA) is 59.9 Å². The van der Waals surface area contributed by atoms with Gasteiger partial charge in [-0.15, -0.1) is 0 Å². The van der Waals surface area contributed by atoms with Crippen LogP contribution in [0, 0.1) is 5.92 Å². The molecule has 0 radical (unpaired) electrons. The van der Waals surface area contributed by atoms with Gasteiger partial charge >= 0.3 is 6.18 Å². The molecule has 2 saturated heterocycles. The number of carbonyl (C=O) groups is 1. The lowest BCUT2D eigenvalue weighted by Crippen LogP contribution is -2.32. The van der Waals surface area contributed by atoms with Gasteiger partial charge in [-0.2, -0.15) is 13.2 Å². The summed E-state index contributed by atoms with van der Waals surface area (Å²) in [5.41, 5.74) is 0.0973. The first-order valence-corrected chi connectivity index (χ1v) is 7.96. The number of hydrogen-bond acceptors (Lipinski definition) is 4. The molecular formula is C13H13F3N2O2S. The van der Waals surface area contributed by atoms with Crippen molar-refractivity contribution >= 4 is 16.6 Å². The minimum absolute atomic E-state index is 0.0491. The normalized spacial score (nSPS) is 32.1. The standard InChI is InChI=1S/C13H13F3N2O2S/c14-13(15,16)12-17-5-8(6-18-12)11(19)7-3-9-1-2-10(4-7)21(9)20/h5-7,9-10H,1-4H2. The highest BCUT2D eigenvalue weighted by Gasteiger charge is 2.43. The van der Waals surface area contributed by atoms with Crippen LogP contribution in [0.3, 0.4) is 0 Å². The lowest BCUT2D eigenvalue weighted by Gasteiger charge is -2.26. The van der Waals surface area contributed by atoms with Crippen LogP contribution in [0.5, 0.6) is 0 Å². The van der Waals surface area contributed by atoms with Gasteiger partial charge in [0.15, 0.2) is 5.78 Å². The van der Waals surface area contributed by atoms with E-state index < -0.39 is 22.8 Å². The number of rotatable bonds is 2. The van der Waals surface area contributed by atoms with E-state index in [1.807, 2.05) is 0 Å². The van der Waals surface area contributed by atoms with Gasteiger partial charge in [-0.05, 0) is 25.7 Å². The third-order valence-electron chi connectivity index (χ3n) is 4.12. The second-order valence-electron chi connectivity index (χ2n) is 5.48. The molecule has 0 aromatic carbocycles. The maximum Gasteiger partial charge on any atom is 0.451 e. The first-order valence-electron chi connectivity index (χ1n) is 6.69. The zero-order valence-corrected chi connectivity index (χ0v) is 11.8. The van der Waals surface area contributed by atoms with Crippen molar-refractivity contribution in [1.29, 1.82) is 0 Å². The predicted molar refractivity (Wildman–Crippen MR) is 69.0 cm³/mol. The fraction of sp³-hybridized carbons (Fsp3) is 0.615. The predicted octanol–water partition coefficient (Wildman–Crippen LogP) is 2.37. The summed E-state index contributed by atoms with van der Waals surface area (Å²) < 4.78 is 49.1.